The molecule has 0 saturated carbocycles. The van der Waals surface area contributed by atoms with E-state index in [1.165, 1.54) is 0 Å². The highest BCUT2D eigenvalue weighted by molar-refractivity contribution is 5.72. The fourth-order valence-electron chi connectivity index (χ4n) is 3.90. The van der Waals surface area contributed by atoms with Crippen molar-refractivity contribution in [3.05, 3.63) is 24.3 Å². The van der Waals surface area contributed by atoms with Crippen LogP contribution in [0.2, 0.25) is 0 Å². The summed E-state index contributed by atoms with van der Waals surface area (Å²) in [5.74, 6) is 2.89. The van der Waals surface area contributed by atoms with Crippen molar-refractivity contribution in [3.63, 3.8) is 0 Å². The van der Waals surface area contributed by atoms with E-state index < -0.39 is 5.60 Å². The predicted molar refractivity (Wildman–Crippen MR) is 121 cm³/mol. The van der Waals surface area contributed by atoms with E-state index in [9.17, 15) is 5.11 Å². The summed E-state index contributed by atoms with van der Waals surface area (Å²) >= 11 is 0. The van der Waals surface area contributed by atoms with Crippen LogP contribution in [0, 0.1) is 11.8 Å². The van der Waals surface area contributed by atoms with Crippen LogP contribution in [0.4, 0.5) is 0 Å². The topological polar surface area (TPSA) is 72.8 Å². The first-order chi connectivity index (χ1) is 14.9. The number of piperidine rings is 1. The molecule has 2 fully saturated rings. The molecule has 0 aromatic heterocycles. The normalized spacial score (nSPS) is 20.6. The lowest BCUT2D eigenvalue weighted by Gasteiger charge is -2.39. The molecule has 0 atom stereocenters. The zero-order valence-corrected chi connectivity index (χ0v) is 19.2. The van der Waals surface area contributed by atoms with Gasteiger partial charge in [-0.15, -0.1) is 0 Å². The molecule has 0 bridgehead atoms. The Morgan fingerprint density at radius 2 is 1.94 bits per heavy atom. The zero-order chi connectivity index (χ0) is 22.1. The molecule has 2 saturated heterocycles. The SMILES string of the molecule is C/C(=N\Oc1cccc(OCC(C)C)c1)OCC1CCN(CC2(O)CCOCC2)CC1. The van der Waals surface area contributed by atoms with Crippen molar-refractivity contribution in [2.45, 2.75) is 52.1 Å². The Balaban J connectivity index is 1.36. The summed E-state index contributed by atoms with van der Waals surface area (Å²) in [7, 11) is 0. The summed E-state index contributed by atoms with van der Waals surface area (Å²) in [4.78, 5) is 7.88. The molecule has 7 nitrogen and oxygen atoms in total. The molecule has 1 aromatic carbocycles. The predicted octanol–water partition coefficient (Wildman–Crippen LogP) is 3.70. The molecular weight excluding hydrogens is 396 g/mol. The number of oxime groups is 1. The molecule has 1 N–H and O–H groups in total. The first-order valence-corrected chi connectivity index (χ1v) is 11.5. The van der Waals surface area contributed by atoms with Gasteiger partial charge in [0.15, 0.2) is 5.75 Å². The quantitative estimate of drug-likeness (QED) is 0.363. The van der Waals surface area contributed by atoms with Crippen molar-refractivity contribution in [1.29, 1.82) is 0 Å². The number of rotatable bonds is 9. The third-order valence-corrected chi connectivity index (χ3v) is 5.84. The molecule has 0 radical (unpaired) electrons. The number of hydrogen-bond donors (Lipinski definition) is 1. The van der Waals surface area contributed by atoms with Gasteiger partial charge >= 0.3 is 0 Å². The average Bonchev–Trinajstić information content (AvgIpc) is 2.76. The lowest BCUT2D eigenvalue weighted by atomic mass is 9.91. The van der Waals surface area contributed by atoms with Crippen LogP contribution in [0.3, 0.4) is 0 Å². The molecule has 0 spiro atoms. The van der Waals surface area contributed by atoms with Gasteiger partial charge in [-0.25, -0.2) is 0 Å². The Kier molecular flexibility index (Phi) is 8.99. The van der Waals surface area contributed by atoms with Crippen LogP contribution in [0.25, 0.3) is 0 Å². The van der Waals surface area contributed by atoms with Gasteiger partial charge in [0.25, 0.3) is 0 Å². The summed E-state index contributed by atoms with van der Waals surface area (Å²) in [6, 6.07) is 7.49. The summed E-state index contributed by atoms with van der Waals surface area (Å²) in [6.45, 7) is 11.4. The van der Waals surface area contributed by atoms with Gasteiger partial charge in [0.2, 0.25) is 5.90 Å². The Bertz CT molecular complexity index is 695. The van der Waals surface area contributed by atoms with Crippen molar-refractivity contribution < 1.29 is 24.2 Å². The molecule has 1 aromatic rings. The third-order valence-electron chi connectivity index (χ3n) is 5.84. The summed E-state index contributed by atoms with van der Waals surface area (Å²) in [6.07, 6.45) is 3.60. The summed E-state index contributed by atoms with van der Waals surface area (Å²) in [5.41, 5.74) is -0.584. The van der Waals surface area contributed by atoms with Gasteiger partial charge in [0.1, 0.15) is 5.75 Å². The highest BCUT2D eigenvalue weighted by Crippen LogP contribution is 2.25. The van der Waals surface area contributed by atoms with Gasteiger partial charge in [0.05, 0.1) is 18.8 Å². The Hall–Kier alpha value is -1.83. The van der Waals surface area contributed by atoms with Crippen LogP contribution >= 0.6 is 0 Å². The van der Waals surface area contributed by atoms with Crippen molar-refractivity contribution >= 4 is 5.90 Å². The van der Waals surface area contributed by atoms with Gasteiger partial charge in [-0.1, -0.05) is 19.9 Å². The van der Waals surface area contributed by atoms with Crippen molar-refractivity contribution in [2.75, 3.05) is 46.1 Å². The number of aliphatic hydroxyl groups is 1. The van der Waals surface area contributed by atoms with Gasteiger partial charge in [-0.3, -0.25) is 0 Å². The molecule has 7 heteroatoms. The maximum absolute atomic E-state index is 10.7. The lowest BCUT2D eigenvalue weighted by molar-refractivity contribution is -0.0834. The van der Waals surface area contributed by atoms with Crippen LogP contribution in [0.1, 0.15) is 46.5 Å². The molecule has 2 aliphatic heterocycles. The second-order valence-electron chi connectivity index (χ2n) is 9.25. The fourth-order valence-corrected chi connectivity index (χ4v) is 3.90. The van der Waals surface area contributed by atoms with Crippen LogP contribution in [0.15, 0.2) is 29.4 Å². The van der Waals surface area contributed by atoms with Crippen molar-refractivity contribution in [3.8, 4) is 11.5 Å². The molecule has 174 valence electrons. The second-order valence-corrected chi connectivity index (χ2v) is 9.25. The molecule has 3 rings (SSSR count). The molecule has 2 heterocycles. The number of likely N-dealkylation sites (tertiary alicyclic amines) is 1. The number of benzene rings is 1. The van der Waals surface area contributed by atoms with E-state index in [0.29, 0.717) is 49.9 Å². The summed E-state index contributed by atoms with van der Waals surface area (Å²) < 4.78 is 16.9. The van der Waals surface area contributed by atoms with Gasteiger partial charge < -0.3 is 29.1 Å². The van der Waals surface area contributed by atoms with Crippen LogP contribution < -0.4 is 9.57 Å². The lowest BCUT2D eigenvalue weighted by Crippen LogP contribution is -2.49. The number of hydrogen-bond acceptors (Lipinski definition) is 7. The highest BCUT2D eigenvalue weighted by atomic mass is 16.6. The highest BCUT2D eigenvalue weighted by Gasteiger charge is 2.33. The minimum Gasteiger partial charge on any atom is -0.493 e. The maximum atomic E-state index is 10.7. The standard InChI is InChI=1S/C24H38N2O5/c1-19(2)16-30-22-5-4-6-23(15-22)31-25-20(3)29-17-21-7-11-26(12-8-21)18-24(27)9-13-28-14-10-24/h4-6,15,19,21,27H,7-14,16-18H2,1-3H3/b25-20+. The largest absolute Gasteiger partial charge is 0.493 e. The Morgan fingerprint density at radius 3 is 2.65 bits per heavy atom. The maximum Gasteiger partial charge on any atom is 0.223 e. The van der Waals surface area contributed by atoms with Crippen LogP contribution in [-0.2, 0) is 9.47 Å². The summed E-state index contributed by atoms with van der Waals surface area (Å²) in [5, 5.41) is 14.8. The number of ether oxygens (including phenoxy) is 3. The van der Waals surface area contributed by atoms with E-state index in [4.69, 9.17) is 19.0 Å². The van der Waals surface area contributed by atoms with E-state index in [1.807, 2.05) is 31.2 Å². The number of β-amino-alcohol motifs (C(OH)–C–C–N with tert-alkyl or cyclic N) is 1. The molecule has 0 unspecified atom stereocenters. The molecule has 0 amide bonds. The molecular formula is C24H38N2O5. The number of nitrogens with zero attached hydrogens (tertiary/aromatic N) is 2. The Labute approximate surface area is 186 Å². The van der Waals surface area contributed by atoms with Gasteiger partial charge in [0, 0.05) is 45.6 Å². The molecule has 0 aliphatic carbocycles. The average molecular weight is 435 g/mol. The Morgan fingerprint density at radius 1 is 1.23 bits per heavy atom. The van der Waals surface area contributed by atoms with Crippen molar-refractivity contribution in [1.82, 2.24) is 4.90 Å². The third kappa shape index (κ3) is 8.31. The van der Waals surface area contributed by atoms with Crippen molar-refractivity contribution in [2.24, 2.45) is 17.0 Å². The molecule has 31 heavy (non-hydrogen) atoms. The van der Waals surface area contributed by atoms with E-state index in [2.05, 4.69) is 23.9 Å². The molecule has 2 aliphatic rings. The minimum absolute atomic E-state index is 0.469. The second kappa shape index (κ2) is 11.7. The van der Waals surface area contributed by atoms with Crippen LogP contribution in [0.5, 0.6) is 11.5 Å². The minimum atomic E-state index is -0.584. The van der Waals surface area contributed by atoms with Crippen LogP contribution in [-0.4, -0.2) is 67.6 Å². The first kappa shape index (κ1) is 23.8. The first-order valence-electron chi connectivity index (χ1n) is 11.5. The van der Waals surface area contributed by atoms with E-state index in [-0.39, 0.29) is 0 Å². The smallest absolute Gasteiger partial charge is 0.223 e. The van der Waals surface area contributed by atoms with Gasteiger partial charge in [-0.05, 0) is 55.1 Å². The van der Waals surface area contributed by atoms with E-state index in [0.717, 1.165) is 51.1 Å². The van der Waals surface area contributed by atoms with E-state index >= 15 is 0 Å². The monoisotopic (exact) mass is 434 g/mol. The van der Waals surface area contributed by atoms with Gasteiger partial charge in [-0.2, -0.15) is 0 Å². The van der Waals surface area contributed by atoms with E-state index in [1.54, 1.807) is 0 Å². The fraction of sp³-hybridized carbons (Fsp3) is 0.708. The zero-order valence-electron chi connectivity index (χ0n) is 19.2.